The molecule has 0 bridgehead atoms. The van der Waals surface area contributed by atoms with Gasteiger partial charge < -0.3 is 11.1 Å². The molecule has 2 aromatic rings. The Balaban J connectivity index is 1.86. The Kier molecular flexibility index (Phi) is 4.93. The highest BCUT2D eigenvalue weighted by molar-refractivity contribution is 7.10. The lowest BCUT2D eigenvalue weighted by molar-refractivity contribution is 0.0954. The molecule has 0 aliphatic heterocycles. The van der Waals surface area contributed by atoms with Gasteiger partial charge in [0.1, 0.15) is 0 Å². The maximum atomic E-state index is 11.9. The van der Waals surface area contributed by atoms with Crippen molar-refractivity contribution in [3.8, 4) is 11.8 Å². The predicted octanol–water partition coefficient (Wildman–Crippen LogP) is 0.764. The van der Waals surface area contributed by atoms with Gasteiger partial charge in [-0.15, -0.1) is 11.3 Å². The number of nitrogens with two attached hydrogens (primary N) is 1. The number of rotatable bonds is 4. The first-order valence-corrected chi connectivity index (χ1v) is 7.11. The number of amides is 1. The lowest BCUT2D eigenvalue weighted by Gasteiger charge is -2.04. The molecule has 2 aromatic heterocycles. The van der Waals surface area contributed by atoms with Gasteiger partial charge in [-0.3, -0.25) is 9.48 Å². The summed E-state index contributed by atoms with van der Waals surface area (Å²) < 4.78 is 1.80. The third-order valence-corrected chi connectivity index (χ3v) is 3.61. The first kappa shape index (κ1) is 14.3. The van der Waals surface area contributed by atoms with Crippen LogP contribution in [-0.4, -0.2) is 28.8 Å². The molecule has 2 heterocycles. The molecule has 0 aromatic carbocycles. The van der Waals surface area contributed by atoms with Crippen molar-refractivity contribution in [3.63, 3.8) is 0 Å². The van der Waals surface area contributed by atoms with Crippen LogP contribution in [0.25, 0.3) is 0 Å². The molecule has 3 N–H and O–H groups in total. The Hall–Kier alpha value is -2.10. The number of nitrogens with one attached hydrogen (secondary N) is 1. The molecule has 104 valence electrons. The summed E-state index contributed by atoms with van der Waals surface area (Å²) in [6.07, 6.45) is 2.50. The van der Waals surface area contributed by atoms with Crippen LogP contribution in [0, 0.1) is 11.8 Å². The zero-order chi connectivity index (χ0) is 14.4. The Morgan fingerprint density at radius 3 is 3.15 bits per heavy atom. The molecule has 0 spiro atoms. The van der Waals surface area contributed by atoms with Crippen LogP contribution in [0.3, 0.4) is 0 Å². The number of carbonyl (C=O) groups is 1. The molecule has 5 nitrogen and oxygen atoms in total. The predicted molar refractivity (Wildman–Crippen MR) is 79.5 cm³/mol. The van der Waals surface area contributed by atoms with Gasteiger partial charge in [-0.25, -0.2) is 0 Å². The van der Waals surface area contributed by atoms with E-state index < -0.39 is 0 Å². The average Bonchev–Trinajstić information content (AvgIpc) is 3.06. The van der Waals surface area contributed by atoms with Crippen LogP contribution >= 0.6 is 11.3 Å². The first-order valence-electron chi connectivity index (χ1n) is 6.23. The van der Waals surface area contributed by atoms with Crippen LogP contribution in [0.1, 0.15) is 20.9 Å². The highest BCUT2D eigenvalue weighted by Crippen LogP contribution is 2.13. The van der Waals surface area contributed by atoms with E-state index in [9.17, 15) is 4.79 Å². The van der Waals surface area contributed by atoms with E-state index in [-0.39, 0.29) is 5.91 Å². The summed E-state index contributed by atoms with van der Waals surface area (Å²) in [5, 5.41) is 8.78. The average molecular weight is 288 g/mol. The quantitative estimate of drug-likeness (QED) is 0.816. The minimum absolute atomic E-state index is 0.0794. The zero-order valence-electron chi connectivity index (χ0n) is 11.2. The summed E-state index contributed by atoms with van der Waals surface area (Å²) in [6, 6.07) is 3.73. The fourth-order valence-corrected chi connectivity index (χ4v) is 2.47. The van der Waals surface area contributed by atoms with Crippen molar-refractivity contribution in [1.82, 2.24) is 15.1 Å². The Morgan fingerprint density at radius 1 is 1.60 bits per heavy atom. The van der Waals surface area contributed by atoms with Gasteiger partial charge in [0.05, 0.1) is 17.0 Å². The number of hydrogen-bond acceptors (Lipinski definition) is 4. The van der Waals surface area contributed by atoms with Crippen molar-refractivity contribution in [2.45, 2.75) is 6.42 Å². The van der Waals surface area contributed by atoms with Gasteiger partial charge in [0.15, 0.2) is 0 Å². The van der Waals surface area contributed by atoms with Gasteiger partial charge in [-0.2, -0.15) is 5.10 Å². The van der Waals surface area contributed by atoms with E-state index in [1.165, 1.54) is 11.3 Å². The summed E-state index contributed by atoms with van der Waals surface area (Å²) in [7, 11) is 1.89. The van der Waals surface area contributed by atoms with E-state index >= 15 is 0 Å². The fraction of sp³-hybridized carbons (Fsp3) is 0.286. The number of aryl methyl sites for hydroxylation is 1. The van der Waals surface area contributed by atoms with E-state index in [1.54, 1.807) is 22.3 Å². The molecule has 0 aliphatic carbocycles. The van der Waals surface area contributed by atoms with Crippen molar-refractivity contribution in [2.24, 2.45) is 12.8 Å². The van der Waals surface area contributed by atoms with Crippen LogP contribution in [0.5, 0.6) is 0 Å². The standard InChI is InChI=1S/C14H16N4OS/c1-18-12(5-8-17-18)4-7-16-14(19)11-9-13(20-10-11)3-2-6-15/h5,8-10H,4,6-7,15H2,1H3,(H,16,19). The molecule has 0 aliphatic rings. The molecular weight excluding hydrogens is 272 g/mol. The highest BCUT2D eigenvalue weighted by Gasteiger charge is 2.07. The summed E-state index contributed by atoms with van der Waals surface area (Å²) >= 11 is 1.45. The lowest BCUT2D eigenvalue weighted by atomic mass is 10.2. The molecule has 0 unspecified atom stereocenters. The van der Waals surface area contributed by atoms with Crippen molar-refractivity contribution in [2.75, 3.05) is 13.1 Å². The van der Waals surface area contributed by atoms with E-state index in [4.69, 9.17) is 5.73 Å². The van der Waals surface area contributed by atoms with Gasteiger partial charge >= 0.3 is 0 Å². The second kappa shape index (κ2) is 6.89. The summed E-state index contributed by atoms with van der Waals surface area (Å²) in [5.41, 5.74) is 7.04. The minimum Gasteiger partial charge on any atom is -0.352 e. The van der Waals surface area contributed by atoms with Crippen LogP contribution in [-0.2, 0) is 13.5 Å². The van der Waals surface area contributed by atoms with E-state index in [0.717, 1.165) is 17.0 Å². The van der Waals surface area contributed by atoms with E-state index in [0.29, 0.717) is 18.7 Å². The molecule has 20 heavy (non-hydrogen) atoms. The fourth-order valence-electron chi connectivity index (χ4n) is 1.71. The molecule has 6 heteroatoms. The smallest absolute Gasteiger partial charge is 0.252 e. The number of carbonyl (C=O) groups excluding carboxylic acids is 1. The Morgan fingerprint density at radius 2 is 2.45 bits per heavy atom. The van der Waals surface area contributed by atoms with Crippen molar-refractivity contribution >= 4 is 17.2 Å². The van der Waals surface area contributed by atoms with Crippen molar-refractivity contribution in [1.29, 1.82) is 0 Å². The lowest BCUT2D eigenvalue weighted by Crippen LogP contribution is -2.25. The minimum atomic E-state index is -0.0794. The monoisotopic (exact) mass is 288 g/mol. The number of nitrogens with zero attached hydrogens (tertiary/aromatic N) is 2. The molecule has 2 rings (SSSR count). The van der Waals surface area contributed by atoms with Gasteiger partial charge in [0.25, 0.3) is 5.91 Å². The first-order chi connectivity index (χ1) is 9.70. The second-order valence-corrected chi connectivity index (χ2v) is 5.07. The summed E-state index contributed by atoms with van der Waals surface area (Å²) in [5.74, 6) is 5.61. The van der Waals surface area contributed by atoms with Gasteiger partial charge in [0.2, 0.25) is 0 Å². The molecular formula is C14H16N4OS. The van der Waals surface area contributed by atoms with E-state index in [2.05, 4.69) is 22.3 Å². The maximum Gasteiger partial charge on any atom is 0.252 e. The Bertz CT molecular complexity index is 647. The summed E-state index contributed by atoms with van der Waals surface area (Å²) in [4.78, 5) is 12.8. The molecule has 0 fully saturated rings. The van der Waals surface area contributed by atoms with Crippen LogP contribution in [0.2, 0.25) is 0 Å². The van der Waals surface area contributed by atoms with Crippen LogP contribution in [0.4, 0.5) is 0 Å². The van der Waals surface area contributed by atoms with Crippen molar-refractivity contribution < 1.29 is 4.79 Å². The largest absolute Gasteiger partial charge is 0.352 e. The van der Waals surface area contributed by atoms with Gasteiger partial charge in [-0.1, -0.05) is 11.8 Å². The molecule has 0 atom stereocenters. The van der Waals surface area contributed by atoms with Crippen LogP contribution < -0.4 is 11.1 Å². The third-order valence-electron chi connectivity index (χ3n) is 2.76. The van der Waals surface area contributed by atoms with Crippen LogP contribution in [0.15, 0.2) is 23.7 Å². The number of thiophene rings is 1. The third kappa shape index (κ3) is 3.70. The maximum absolute atomic E-state index is 11.9. The number of aromatic nitrogens is 2. The van der Waals surface area contributed by atoms with Gasteiger partial charge in [0, 0.05) is 37.3 Å². The molecule has 1 amide bonds. The van der Waals surface area contributed by atoms with E-state index in [1.807, 2.05) is 13.1 Å². The normalized spacial score (nSPS) is 9.90. The SMILES string of the molecule is Cn1nccc1CCNC(=O)c1csc(C#CCN)c1. The second-order valence-electron chi connectivity index (χ2n) is 4.16. The highest BCUT2D eigenvalue weighted by atomic mass is 32.1. The Labute approximate surface area is 121 Å². The molecule has 0 saturated carbocycles. The van der Waals surface area contributed by atoms with Gasteiger partial charge in [-0.05, 0) is 12.1 Å². The molecule has 0 radical (unpaired) electrons. The topological polar surface area (TPSA) is 72.9 Å². The summed E-state index contributed by atoms with van der Waals surface area (Å²) in [6.45, 7) is 0.905. The van der Waals surface area contributed by atoms with Crippen molar-refractivity contribution in [3.05, 3.63) is 39.8 Å². The number of hydrogen-bond donors (Lipinski definition) is 2. The zero-order valence-corrected chi connectivity index (χ0v) is 12.0. The molecule has 0 saturated heterocycles.